The van der Waals surface area contributed by atoms with Gasteiger partial charge in [0.1, 0.15) is 0 Å². The first-order valence-corrected chi connectivity index (χ1v) is 2.28. The van der Waals surface area contributed by atoms with Gasteiger partial charge < -0.3 is 0 Å². The number of hydrogen-bond acceptors (Lipinski definition) is 1. The summed E-state index contributed by atoms with van der Waals surface area (Å²) in [6.45, 7) is 2.08. The zero-order valence-corrected chi connectivity index (χ0v) is 4.07. The molecule has 0 radical (unpaired) electrons. The van der Waals surface area contributed by atoms with Crippen LogP contribution in [-0.4, -0.2) is 7.28 Å². The minimum atomic E-state index is 0.719. The molecule has 0 aliphatic heterocycles. The number of rotatable bonds is 2. The number of nitriles is 1. The molecule has 0 atom stereocenters. The maximum atomic E-state index is 7.95. The summed E-state index contributed by atoms with van der Waals surface area (Å²) in [6.07, 6.45) is 2.18. The van der Waals surface area contributed by atoms with Gasteiger partial charge in [-0.05, 0) is 5.97 Å². The van der Waals surface area contributed by atoms with E-state index in [2.05, 4.69) is 12.9 Å². The van der Waals surface area contributed by atoms with Crippen molar-refractivity contribution in [3.05, 3.63) is 0 Å². The fourth-order valence-electron chi connectivity index (χ4n) is 0.256. The molecule has 0 unspecified atom stereocenters. The summed E-state index contributed by atoms with van der Waals surface area (Å²) in [7, 11) is 0.719. The highest BCUT2D eigenvalue weighted by molar-refractivity contribution is 6.44. The van der Waals surface area contributed by atoms with E-state index in [9.17, 15) is 0 Å². The van der Waals surface area contributed by atoms with E-state index in [-0.39, 0.29) is 0 Å². The summed E-state index contributed by atoms with van der Waals surface area (Å²) in [5, 5.41) is 7.95. The van der Waals surface area contributed by atoms with Gasteiger partial charge in [0.05, 0.1) is 0 Å². The van der Waals surface area contributed by atoms with Gasteiger partial charge in [-0.25, -0.2) is 5.26 Å². The SMILES string of the molecule is CCCBC#N. The molecule has 0 heterocycles. The van der Waals surface area contributed by atoms with Crippen LogP contribution in [-0.2, 0) is 0 Å². The maximum Gasteiger partial charge on any atom is 0.250 e. The van der Waals surface area contributed by atoms with E-state index < -0.39 is 0 Å². The molecular weight excluding hydrogens is 72.9 g/mol. The first-order chi connectivity index (χ1) is 2.91. The van der Waals surface area contributed by atoms with Crippen LogP contribution in [0.1, 0.15) is 13.3 Å². The van der Waals surface area contributed by atoms with Crippen LogP contribution in [0.3, 0.4) is 0 Å². The Bertz CT molecular complexity index is 55.1. The molecular formula is C4H8BN. The lowest BCUT2D eigenvalue weighted by atomic mass is 9.76. The lowest BCUT2D eigenvalue weighted by molar-refractivity contribution is 1.08. The van der Waals surface area contributed by atoms with Crippen LogP contribution in [0, 0.1) is 11.2 Å². The van der Waals surface area contributed by atoms with Crippen molar-refractivity contribution in [1.82, 2.24) is 0 Å². The zero-order chi connectivity index (χ0) is 4.83. The van der Waals surface area contributed by atoms with Crippen molar-refractivity contribution in [3.8, 4) is 5.97 Å². The topological polar surface area (TPSA) is 23.8 Å². The summed E-state index contributed by atoms with van der Waals surface area (Å²) in [5.41, 5.74) is 0. The van der Waals surface area contributed by atoms with Gasteiger partial charge in [-0.1, -0.05) is 19.7 Å². The third-order valence-electron chi connectivity index (χ3n) is 0.642. The quantitative estimate of drug-likeness (QED) is 0.355. The van der Waals surface area contributed by atoms with Crippen LogP contribution in [0.2, 0.25) is 6.32 Å². The van der Waals surface area contributed by atoms with Crippen LogP contribution in [0.25, 0.3) is 0 Å². The highest BCUT2D eigenvalue weighted by atomic mass is 14.2. The third kappa shape index (κ3) is 3.55. The summed E-state index contributed by atoms with van der Waals surface area (Å²) in [5.74, 6) is 2.07. The van der Waals surface area contributed by atoms with Crippen molar-refractivity contribution < 1.29 is 0 Å². The van der Waals surface area contributed by atoms with E-state index in [4.69, 9.17) is 5.26 Å². The summed E-state index contributed by atoms with van der Waals surface area (Å²) in [4.78, 5) is 0. The molecule has 32 valence electrons. The Morgan fingerprint density at radius 1 is 1.83 bits per heavy atom. The Kier molecular flexibility index (Phi) is 4.22. The van der Waals surface area contributed by atoms with Crippen LogP contribution >= 0.6 is 0 Å². The van der Waals surface area contributed by atoms with Gasteiger partial charge in [-0.15, -0.1) is 0 Å². The maximum absolute atomic E-state index is 7.95. The fourth-order valence-corrected chi connectivity index (χ4v) is 0.256. The Labute approximate surface area is 39.2 Å². The highest BCUT2D eigenvalue weighted by Crippen LogP contribution is 1.80. The van der Waals surface area contributed by atoms with E-state index in [1.54, 1.807) is 0 Å². The summed E-state index contributed by atoms with van der Waals surface area (Å²) in [6, 6.07) is 0. The lowest BCUT2D eigenvalue weighted by Gasteiger charge is -1.74. The van der Waals surface area contributed by atoms with Crippen LogP contribution in [0.4, 0.5) is 0 Å². The highest BCUT2D eigenvalue weighted by Gasteiger charge is 1.79. The third-order valence-corrected chi connectivity index (χ3v) is 0.642. The molecule has 0 aromatic carbocycles. The zero-order valence-electron chi connectivity index (χ0n) is 4.07. The van der Waals surface area contributed by atoms with Gasteiger partial charge in [0.15, 0.2) is 0 Å². The first kappa shape index (κ1) is 5.55. The Hall–Kier alpha value is -0.445. The van der Waals surface area contributed by atoms with Gasteiger partial charge in [0, 0.05) is 0 Å². The molecule has 1 nitrogen and oxygen atoms in total. The van der Waals surface area contributed by atoms with Crippen molar-refractivity contribution in [2.75, 3.05) is 0 Å². The van der Waals surface area contributed by atoms with E-state index in [1.165, 1.54) is 0 Å². The average molecular weight is 80.9 g/mol. The van der Waals surface area contributed by atoms with Gasteiger partial charge in [-0.3, -0.25) is 0 Å². The molecule has 6 heavy (non-hydrogen) atoms. The van der Waals surface area contributed by atoms with E-state index >= 15 is 0 Å². The molecule has 0 rings (SSSR count). The Balaban J connectivity index is 2.54. The normalized spacial score (nSPS) is 6.67. The summed E-state index contributed by atoms with van der Waals surface area (Å²) < 4.78 is 0. The minimum Gasteiger partial charge on any atom is -0.213 e. The van der Waals surface area contributed by atoms with Gasteiger partial charge >= 0.3 is 0 Å². The predicted octanol–water partition coefficient (Wildman–Crippen LogP) is 0.732. The molecule has 0 aliphatic rings. The van der Waals surface area contributed by atoms with Crippen LogP contribution < -0.4 is 0 Å². The fraction of sp³-hybridized carbons (Fsp3) is 0.750. The van der Waals surface area contributed by atoms with Crippen molar-refractivity contribution in [1.29, 1.82) is 5.26 Å². The van der Waals surface area contributed by atoms with Crippen LogP contribution in [0.5, 0.6) is 0 Å². The molecule has 2 heteroatoms. The first-order valence-electron chi connectivity index (χ1n) is 2.28. The molecule has 0 bridgehead atoms. The smallest absolute Gasteiger partial charge is 0.213 e. The molecule has 0 spiro atoms. The molecule has 0 aromatic rings. The molecule has 0 aromatic heterocycles. The molecule has 0 saturated heterocycles. The molecule has 0 amide bonds. The average Bonchev–Trinajstić information content (AvgIpc) is 1.61. The predicted molar refractivity (Wildman–Crippen MR) is 27.9 cm³/mol. The molecule has 0 fully saturated rings. The second-order valence-corrected chi connectivity index (χ2v) is 1.26. The monoisotopic (exact) mass is 81.1 g/mol. The van der Waals surface area contributed by atoms with Gasteiger partial charge in [0.25, 0.3) is 0 Å². The van der Waals surface area contributed by atoms with Crippen molar-refractivity contribution in [2.45, 2.75) is 19.7 Å². The second kappa shape index (κ2) is 4.55. The molecule has 0 N–H and O–H groups in total. The van der Waals surface area contributed by atoms with Crippen molar-refractivity contribution in [3.63, 3.8) is 0 Å². The van der Waals surface area contributed by atoms with Gasteiger partial charge in [0.2, 0.25) is 7.28 Å². The largest absolute Gasteiger partial charge is 0.250 e. The molecule has 0 aliphatic carbocycles. The van der Waals surface area contributed by atoms with Crippen molar-refractivity contribution >= 4 is 7.28 Å². The van der Waals surface area contributed by atoms with Crippen molar-refractivity contribution in [2.24, 2.45) is 0 Å². The number of nitrogens with zero attached hydrogens (tertiary/aromatic N) is 1. The lowest BCUT2D eigenvalue weighted by Crippen LogP contribution is -1.78. The number of hydrogen-bond donors (Lipinski definition) is 0. The summed E-state index contributed by atoms with van der Waals surface area (Å²) >= 11 is 0. The van der Waals surface area contributed by atoms with E-state index in [0.717, 1.165) is 20.0 Å². The Morgan fingerprint density at radius 2 is 2.50 bits per heavy atom. The molecule has 0 saturated carbocycles. The standard InChI is InChI=1S/C4H8BN/c1-2-3-5-4-6/h5H,2-3H2,1H3. The Morgan fingerprint density at radius 3 is 2.67 bits per heavy atom. The van der Waals surface area contributed by atoms with E-state index in [1.807, 2.05) is 0 Å². The minimum absolute atomic E-state index is 0.719. The van der Waals surface area contributed by atoms with E-state index in [0.29, 0.717) is 0 Å². The second-order valence-electron chi connectivity index (χ2n) is 1.26. The van der Waals surface area contributed by atoms with Gasteiger partial charge in [-0.2, -0.15) is 0 Å². The van der Waals surface area contributed by atoms with Crippen LogP contribution in [0.15, 0.2) is 0 Å².